The fraction of sp³-hybridized carbons (Fsp3) is 0.111. The monoisotopic (exact) mass is 197 g/mol. The molecule has 0 heterocycles. The summed E-state index contributed by atoms with van der Waals surface area (Å²) in [7, 11) is 0. The molecule has 0 aliphatic carbocycles. The lowest BCUT2D eigenvalue weighted by atomic mass is 10.1. The van der Waals surface area contributed by atoms with Crippen molar-refractivity contribution < 1.29 is 20.2 Å². The molecule has 5 nitrogen and oxygen atoms in total. The van der Waals surface area contributed by atoms with E-state index in [2.05, 4.69) is 5.16 Å². The quantitative estimate of drug-likeness (QED) is 0.365. The van der Waals surface area contributed by atoms with Crippen molar-refractivity contribution >= 4 is 11.9 Å². The van der Waals surface area contributed by atoms with Crippen molar-refractivity contribution in [3.8, 4) is 0 Å². The highest BCUT2D eigenvalue weighted by atomic mass is 16.6. The van der Waals surface area contributed by atoms with Crippen LogP contribution < -0.4 is 0 Å². The molecule has 76 valence electrons. The van der Waals surface area contributed by atoms with Crippen LogP contribution in [0.5, 0.6) is 0 Å². The lowest BCUT2D eigenvalue weighted by Crippen LogP contribution is -1.92. The molecule has 0 saturated heterocycles. The van der Waals surface area contributed by atoms with Gasteiger partial charge in [-0.25, -0.2) is 4.79 Å². The fourth-order valence-electron chi connectivity index (χ4n) is 0.737. The van der Waals surface area contributed by atoms with Gasteiger partial charge < -0.3 is 15.4 Å². The van der Waals surface area contributed by atoms with Crippen molar-refractivity contribution in [2.24, 2.45) is 5.16 Å². The van der Waals surface area contributed by atoms with E-state index in [1.807, 2.05) is 30.3 Å². The number of nitrogens with zero attached hydrogens (tertiary/aromatic N) is 1. The molecule has 0 fully saturated rings. The third-order valence-electron chi connectivity index (χ3n) is 1.34. The average Bonchev–Trinajstić information content (AvgIpc) is 2.17. The molecule has 14 heavy (non-hydrogen) atoms. The van der Waals surface area contributed by atoms with Crippen LogP contribution in [0.3, 0.4) is 0 Å². The van der Waals surface area contributed by atoms with E-state index in [9.17, 15) is 0 Å². The zero-order valence-electron chi connectivity index (χ0n) is 7.58. The minimum atomic E-state index is -1.83. The molecular formula is C9H11NO4. The summed E-state index contributed by atoms with van der Waals surface area (Å²) in [5, 5.41) is 25.4. The number of carbonyl (C=O) groups is 1. The van der Waals surface area contributed by atoms with Crippen LogP contribution in [0.4, 0.5) is 4.79 Å². The summed E-state index contributed by atoms with van der Waals surface area (Å²) < 4.78 is 0. The smallest absolute Gasteiger partial charge is 0.450 e. The molecule has 0 amide bonds. The predicted octanol–water partition coefficient (Wildman–Crippen LogP) is 2.11. The van der Waals surface area contributed by atoms with Gasteiger partial charge in [0.25, 0.3) is 0 Å². The second kappa shape index (κ2) is 6.47. The Morgan fingerprint density at radius 2 is 1.64 bits per heavy atom. The van der Waals surface area contributed by atoms with Crippen LogP contribution in [0.25, 0.3) is 0 Å². The molecule has 0 spiro atoms. The van der Waals surface area contributed by atoms with Crippen molar-refractivity contribution in [3.05, 3.63) is 35.9 Å². The highest BCUT2D eigenvalue weighted by Gasteiger charge is 1.92. The molecule has 0 unspecified atom stereocenters. The van der Waals surface area contributed by atoms with Crippen LogP contribution in [0, 0.1) is 0 Å². The standard InChI is InChI=1S/C8H9NO.CH2O3/c1-7(9-10)8-5-3-2-4-6-8;2-1(3)4/h2-6,10H,1H3;(H2,2,3,4). The van der Waals surface area contributed by atoms with Gasteiger partial charge in [-0.05, 0) is 12.5 Å². The fourth-order valence-corrected chi connectivity index (χ4v) is 0.737. The van der Waals surface area contributed by atoms with Crippen molar-refractivity contribution in [1.82, 2.24) is 0 Å². The summed E-state index contributed by atoms with van der Waals surface area (Å²) in [6.45, 7) is 1.76. The summed E-state index contributed by atoms with van der Waals surface area (Å²) in [6, 6.07) is 9.53. The number of benzene rings is 1. The number of oxime groups is 1. The van der Waals surface area contributed by atoms with Gasteiger partial charge in [-0.1, -0.05) is 35.5 Å². The average molecular weight is 197 g/mol. The Hall–Kier alpha value is -2.04. The van der Waals surface area contributed by atoms with Gasteiger partial charge in [0.2, 0.25) is 0 Å². The largest absolute Gasteiger partial charge is 0.503 e. The summed E-state index contributed by atoms with van der Waals surface area (Å²) in [6.07, 6.45) is -1.83. The van der Waals surface area contributed by atoms with Gasteiger partial charge in [-0.3, -0.25) is 0 Å². The topological polar surface area (TPSA) is 90.1 Å². The molecule has 0 saturated carbocycles. The predicted molar refractivity (Wildman–Crippen MR) is 51.1 cm³/mol. The summed E-state index contributed by atoms with van der Waals surface area (Å²) in [5.41, 5.74) is 1.59. The van der Waals surface area contributed by atoms with Crippen molar-refractivity contribution in [2.75, 3.05) is 0 Å². The van der Waals surface area contributed by atoms with Crippen LogP contribution >= 0.6 is 0 Å². The van der Waals surface area contributed by atoms with E-state index in [0.717, 1.165) is 5.56 Å². The van der Waals surface area contributed by atoms with E-state index in [1.54, 1.807) is 6.92 Å². The number of rotatable bonds is 1. The maximum atomic E-state index is 8.56. The Balaban J connectivity index is 0.000000364. The zero-order valence-corrected chi connectivity index (χ0v) is 7.58. The molecule has 3 N–H and O–H groups in total. The van der Waals surface area contributed by atoms with Gasteiger partial charge in [-0.15, -0.1) is 0 Å². The van der Waals surface area contributed by atoms with Crippen LogP contribution in [-0.4, -0.2) is 27.3 Å². The Kier molecular flexibility index (Phi) is 5.53. The van der Waals surface area contributed by atoms with Crippen LogP contribution in [0.15, 0.2) is 35.5 Å². The van der Waals surface area contributed by atoms with Gasteiger partial charge in [0.1, 0.15) is 0 Å². The summed E-state index contributed by atoms with van der Waals surface area (Å²) in [4.78, 5) is 8.56. The molecule has 0 atom stereocenters. The minimum Gasteiger partial charge on any atom is -0.450 e. The molecule has 0 aromatic heterocycles. The molecule has 0 aliphatic rings. The second-order valence-corrected chi connectivity index (χ2v) is 2.33. The van der Waals surface area contributed by atoms with E-state index < -0.39 is 6.16 Å². The van der Waals surface area contributed by atoms with Crippen molar-refractivity contribution in [2.45, 2.75) is 6.92 Å². The number of carboxylic acid groups (broad SMARTS) is 2. The van der Waals surface area contributed by atoms with Crippen LogP contribution in [-0.2, 0) is 0 Å². The Morgan fingerprint density at radius 3 is 2.00 bits per heavy atom. The molecule has 0 bridgehead atoms. The molecule has 5 heteroatoms. The molecule has 0 aliphatic heterocycles. The minimum absolute atomic E-state index is 0.639. The molecular weight excluding hydrogens is 186 g/mol. The zero-order chi connectivity index (χ0) is 11.0. The first-order chi connectivity index (χ1) is 6.57. The third kappa shape index (κ3) is 5.59. The Bertz CT molecular complexity index is 304. The first-order valence-electron chi connectivity index (χ1n) is 3.74. The Morgan fingerprint density at radius 1 is 1.21 bits per heavy atom. The van der Waals surface area contributed by atoms with Gasteiger partial charge in [-0.2, -0.15) is 0 Å². The first kappa shape index (κ1) is 12.0. The Labute approximate surface area is 80.9 Å². The SMILES string of the molecule is CC(=NO)c1ccccc1.O=C(O)O. The number of hydrogen-bond donors (Lipinski definition) is 3. The van der Waals surface area contributed by atoms with E-state index in [-0.39, 0.29) is 0 Å². The van der Waals surface area contributed by atoms with Crippen LogP contribution in [0.2, 0.25) is 0 Å². The van der Waals surface area contributed by atoms with E-state index >= 15 is 0 Å². The maximum Gasteiger partial charge on any atom is 0.503 e. The van der Waals surface area contributed by atoms with Crippen LogP contribution in [0.1, 0.15) is 12.5 Å². The molecule has 1 rings (SSSR count). The first-order valence-corrected chi connectivity index (χ1v) is 3.74. The lowest BCUT2D eigenvalue weighted by Gasteiger charge is -1.94. The highest BCUT2D eigenvalue weighted by Crippen LogP contribution is 1.99. The van der Waals surface area contributed by atoms with Crippen molar-refractivity contribution in [3.63, 3.8) is 0 Å². The van der Waals surface area contributed by atoms with Gasteiger partial charge >= 0.3 is 6.16 Å². The van der Waals surface area contributed by atoms with Gasteiger partial charge in [0.15, 0.2) is 0 Å². The van der Waals surface area contributed by atoms with Crippen molar-refractivity contribution in [1.29, 1.82) is 0 Å². The lowest BCUT2D eigenvalue weighted by molar-refractivity contribution is 0.137. The molecule has 0 radical (unpaired) electrons. The maximum absolute atomic E-state index is 8.56. The summed E-state index contributed by atoms with van der Waals surface area (Å²) in [5.74, 6) is 0. The number of hydrogen-bond acceptors (Lipinski definition) is 3. The highest BCUT2D eigenvalue weighted by molar-refractivity contribution is 5.98. The van der Waals surface area contributed by atoms with Gasteiger partial charge in [0, 0.05) is 0 Å². The van der Waals surface area contributed by atoms with E-state index in [1.165, 1.54) is 0 Å². The van der Waals surface area contributed by atoms with Gasteiger partial charge in [0.05, 0.1) is 5.71 Å². The molecule has 1 aromatic carbocycles. The normalized spacial score (nSPS) is 9.93. The van der Waals surface area contributed by atoms with E-state index in [0.29, 0.717) is 5.71 Å². The third-order valence-corrected chi connectivity index (χ3v) is 1.34. The summed E-state index contributed by atoms with van der Waals surface area (Å²) >= 11 is 0. The van der Waals surface area contributed by atoms with E-state index in [4.69, 9.17) is 20.2 Å². The molecule has 1 aromatic rings. The second-order valence-electron chi connectivity index (χ2n) is 2.33.